The molecule has 0 bridgehead atoms. The van der Waals surface area contributed by atoms with E-state index in [2.05, 4.69) is 10.2 Å². The van der Waals surface area contributed by atoms with Crippen molar-refractivity contribution in [1.29, 1.82) is 0 Å². The first kappa shape index (κ1) is 18.4. The molecule has 2 aromatic carbocycles. The zero-order chi connectivity index (χ0) is 18.7. The summed E-state index contributed by atoms with van der Waals surface area (Å²) in [6.07, 6.45) is 2.44. The van der Waals surface area contributed by atoms with Crippen LogP contribution in [0.1, 0.15) is 23.2 Å². The van der Waals surface area contributed by atoms with Crippen LogP contribution < -0.4 is 10.2 Å². The number of nitrogens with zero attached hydrogens (tertiary/aromatic N) is 2. The average molecular weight is 373 g/mol. The highest BCUT2D eigenvalue weighted by atomic mass is 32.2. The van der Waals surface area contributed by atoms with Crippen molar-refractivity contribution >= 4 is 27.3 Å². The van der Waals surface area contributed by atoms with Gasteiger partial charge in [-0.05, 0) is 61.4 Å². The second-order valence-electron chi connectivity index (χ2n) is 6.51. The lowest BCUT2D eigenvalue weighted by Gasteiger charge is -2.17. The number of carbonyl (C=O) groups is 1. The molecule has 7 heteroatoms. The number of carbonyl (C=O) groups excluding carboxylic acids is 1. The number of rotatable bonds is 5. The highest BCUT2D eigenvalue weighted by Gasteiger charge is 2.17. The van der Waals surface area contributed by atoms with Crippen LogP contribution in [-0.2, 0) is 10.0 Å². The Morgan fingerprint density at radius 3 is 2.08 bits per heavy atom. The molecule has 0 atom stereocenters. The van der Waals surface area contributed by atoms with Crippen LogP contribution in [-0.4, -0.2) is 45.8 Å². The van der Waals surface area contributed by atoms with E-state index in [0.717, 1.165) is 17.4 Å². The highest BCUT2D eigenvalue weighted by Crippen LogP contribution is 2.22. The topological polar surface area (TPSA) is 69.7 Å². The van der Waals surface area contributed by atoms with E-state index in [9.17, 15) is 13.2 Å². The molecule has 0 radical (unpaired) electrons. The molecule has 6 nitrogen and oxygen atoms in total. The molecular formula is C19H23N3O3S. The lowest BCUT2D eigenvalue weighted by atomic mass is 10.2. The van der Waals surface area contributed by atoms with E-state index in [1.54, 1.807) is 0 Å². The molecule has 0 unspecified atom stereocenters. The van der Waals surface area contributed by atoms with Crippen LogP contribution >= 0.6 is 0 Å². The Labute approximate surface area is 154 Å². The number of nitrogens with one attached hydrogen (secondary N) is 1. The van der Waals surface area contributed by atoms with Gasteiger partial charge in [0.1, 0.15) is 0 Å². The third-order valence-corrected chi connectivity index (χ3v) is 6.32. The summed E-state index contributed by atoms with van der Waals surface area (Å²) in [4.78, 5) is 14.9. The molecule has 1 aliphatic heterocycles. The van der Waals surface area contributed by atoms with Gasteiger partial charge >= 0.3 is 0 Å². The second kappa shape index (κ2) is 7.47. The Morgan fingerprint density at radius 2 is 1.54 bits per heavy atom. The molecule has 1 fully saturated rings. The fourth-order valence-electron chi connectivity index (χ4n) is 2.92. The first-order valence-electron chi connectivity index (χ1n) is 8.57. The van der Waals surface area contributed by atoms with Crippen LogP contribution in [0.25, 0.3) is 0 Å². The summed E-state index contributed by atoms with van der Waals surface area (Å²) in [7, 11) is -0.546. The SMILES string of the molecule is CN(C)S(=O)(=O)c1ccc(C(=O)Nc2ccc(N3CCCC3)cc2)cc1. The van der Waals surface area contributed by atoms with E-state index in [4.69, 9.17) is 0 Å². The Bertz CT molecular complexity index is 869. The van der Waals surface area contributed by atoms with Gasteiger partial charge in [0.05, 0.1) is 4.90 Å². The fourth-order valence-corrected chi connectivity index (χ4v) is 3.82. The molecule has 138 valence electrons. The number of sulfonamides is 1. The Hall–Kier alpha value is -2.38. The fraction of sp³-hybridized carbons (Fsp3) is 0.316. The van der Waals surface area contributed by atoms with Crippen LogP contribution in [0.2, 0.25) is 0 Å². The quantitative estimate of drug-likeness (QED) is 0.875. The highest BCUT2D eigenvalue weighted by molar-refractivity contribution is 7.89. The molecule has 0 aromatic heterocycles. The summed E-state index contributed by atoms with van der Waals surface area (Å²) in [6, 6.07) is 13.7. The van der Waals surface area contributed by atoms with Crippen molar-refractivity contribution in [3.63, 3.8) is 0 Å². The Kier molecular flexibility index (Phi) is 5.29. The van der Waals surface area contributed by atoms with E-state index < -0.39 is 10.0 Å². The van der Waals surface area contributed by atoms with Crippen molar-refractivity contribution < 1.29 is 13.2 Å². The largest absolute Gasteiger partial charge is 0.372 e. The molecule has 3 rings (SSSR count). The molecule has 1 heterocycles. The molecule has 1 aliphatic rings. The van der Waals surface area contributed by atoms with Crippen molar-refractivity contribution in [2.24, 2.45) is 0 Å². The van der Waals surface area contributed by atoms with Crippen LogP contribution in [0.15, 0.2) is 53.4 Å². The first-order valence-corrected chi connectivity index (χ1v) is 10.0. The molecule has 0 spiro atoms. The van der Waals surface area contributed by atoms with Gasteiger partial charge in [-0.1, -0.05) is 0 Å². The monoisotopic (exact) mass is 373 g/mol. The lowest BCUT2D eigenvalue weighted by molar-refractivity contribution is 0.102. The van der Waals surface area contributed by atoms with Crippen molar-refractivity contribution in [3.05, 3.63) is 54.1 Å². The van der Waals surface area contributed by atoms with Gasteiger partial charge in [0.25, 0.3) is 5.91 Å². The van der Waals surface area contributed by atoms with Crippen molar-refractivity contribution in [2.75, 3.05) is 37.4 Å². The summed E-state index contributed by atoms with van der Waals surface area (Å²) < 4.78 is 25.3. The second-order valence-corrected chi connectivity index (χ2v) is 8.66. The Morgan fingerprint density at radius 1 is 0.962 bits per heavy atom. The summed E-state index contributed by atoms with van der Waals surface area (Å²) in [5.41, 5.74) is 2.29. The molecule has 1 amide bonds. The van der Waals surface area contributed by atoms with Crippen molar-refractivity contribution in [1.82, 2.24) is 4.31 Å². The van der Waals surface area contributed by atoms with Gasteiger partial charge in [-0.25, -0.2) is 12.7 Å². The van der Waals surface area contributed by atoms with Crippen molar-refractivity contribution in [2.45, 2.75) is 17.7 Å². The van der Waals surface area contributed by atoms with E-state index in [1.807, 2.05) is 24.3 Å². The smallest absolute Gasteiger partial charge is 0.255 e. The molecule has 1 N–H and O–H groups in total. The number of benzene rings is 2. The minimum absolute atomic E-state index is 0.161. The first-order chi connectivity index (χ1) is 12.4. The molecule has 2 aromatic rings. The Balaban J connectivity index is 1.68. The number of amides is 1. The maximum absolute atomic E-state index is 12.4. The van der Waals surface area contributed by atoms with E-state index in [0.29, 0.717) is 11.3 Å². The zero-order valence-electron chi connectivity index (χ0n) is 15.0. The predicted octanol–water partition coefficient (Wildman–Crippen LogP) is 2.79. The predicted molar refractivity (Wildman–Crippen MR) is 103 cm³/mol. The van der Waals surface area contributed by atoms with Gasteiger partial charge in [0, 0.05) is 44.1 Å². The van der Waals surface area contributed by atoms with Gasteiger partial charge in [-0.15, -0.1) is 0 Å². The average Bonchev–Trinajstić information content (AvgIpc) is 3.17. The van der Waals surface area contributed by atoms with E-state index in [-0.39, 0.29) is 10.8 Å². The van der Waals surface area contributed by atoms with E-state index >= 15 is 0 Å². The van der Waals surface area contributed by atoms with Gasteiger partial charge in [0.2, 0.25) is 10.0 Å². The molecular weight excluding hydrogens is 350 g/mol. The molecule has 1 saturated heterocycles. The normalized spacial score (nSPS) is 14.7. The maximum atomic E-state index is 12.4. The minimum atomic E-state index is -3.49. The maximum Gasteiger partial charge on any atom is 0.255 e. The van der Waals surface area contributed by atoms with E-state index in [1.165, 1.54) is 56.9 Å². The summed E-state index contributed by atoms with van der Waals surface area (Å²) in [5.74, 6) is -0.271. The number of hydrogen-bond donors (Lipinski definition) is 1. The lowest BCUT2D eigenvalue weighted by Crippen LogP contribution is -2.22. The number of anilines is 2. The minimum Gasteiger partial charge on any atom is -0.372 e. The van der Waals surface area contributed by atoms with Gasteiger partial charge in [-0.3, -0.25) is 4.79 Å². The molecule has 0 saturated carbocycles. The number of hydrogen-bond acceptors (Lipinski definition) is 4. The zero-order valence-corrected chi connectivity index (χ0v) is 15.8. The third-order valence-electron chi connectivity index (χ3n) is 4.49. The van der Waals surface area contributed by atoms with Crippen LogP contribution in [0.4, 0.5) is 11.4 Å². The van der Waals surface area contributed by atoms with Crippen molar-refractivity contribution in [3.8, 4) is 0 Å². The van der Waals surface area contributed by atoms with Crippen LogP contribution in [0.5, 0.6) is 0 Å². The van der Waals surface area contributed by atoms with Gasteiger partial charge in [0.15, 0.2) is 0 Å². The standard InChI is InChI=1S/C19H23N3O3S/c1-21(2)26(24,25)18-11-5-15(6-12-18)19(23)20-16-7-9-17(10-8-16)22-13-3-4-14-22/h5-12H,3-4,13-14H2,1-2H3,(H,20,23). The van der Waals surface area contributed by atoms with Crippen LogP contribution in [0, 0.1) is 0 Å². The third kappa shape index (κ3) is 3.89. The summed E-state index contributed by atoms with van der Waals surface area (Å²) in [5, 5.41) is 2.84. The molecule has 0 aliphatic carbocycles. The van der Waals surface area contributed by atoms with Gasteiger partial charge in [-0.2, -0.15) is 0 Å². The summed E-state index contributed by atoms with van der Waals surface area (Å²) in [6.45, 7) is 2.15. The molecule has 26 heavy (non-hydrogen) atoms. The van der Waals surface area contributed by atoms with Gasteiger partial charge < -0.3 is 10.2 Å². The summed E-state index contributed by atoms with van der Waals surface area (Å²) >= 11 is 0. The van der Waals surface area contributed by atoms with Crippen LogP contribution in [0.3, 0.4) is 0 Å².